The fourth-order valence-corrected chi connectivity index (χ4v) is 1.07. The van der Waals surface area contributed by atoms with E-state index in [1.54, 1.807) is 0 Å². The Balaban J connectivity index is 2.29. The van der Waals surface area contributed by atoms with Crippen molar-refractivity contribution in [1.29, 1.82) is 0 Å². The molecule has 0 amide bonds. The van der Waals surface area contributed by atoms with E-state index in [0.717, 1.165) is 6.42 Å². The molecule has 1 aromatic rings. The van der Waals surface area contributed by atoms with Crippen LogP contribution in [0.15, 0.2) is 35.4 Å². The molecule has 0 aliphatic rings. The van der Waals surface area contributed by atoms with Crippen LogP contribution >= 0.6 is 0 Å². The lowest BCUT2D eigenvalue weighted by Crippen LogP contribution is -2.17. The lowest BCUT2D eigenvalue weighted by molar-refractivity contribution is -0.129. The number of carbonyl (C=O) groups is 1. The first-order valence-electron chi connectivity index (χ1n) is 4.74. The molecule has 1 rings (SSSR count). The number of carboxylic acid groups (broad SMARTS) is 1. The summed E-state index contributed by atoms with van der Waals surface area (Å²) in [5.41, 5.74) is 4.00. The molecule has 0 bridgehead atoms. The second-order valence-corrected chi connectivity index (χ2v) is 3.15. The van der Waals surface area contributed by atoms with Crippen LogP contribution in [0.5, 0.6) is 0 Å². The quantitative estimate of drug-likeness (QED) is 0.433. The van der Waals surface area contributed by atoms with Crippen LogP contribution in [0.1, 0.15) is 12.5 Å². The van der Waals surface area contributed by atoms with Crippen molar-refractivity contribution in [2.24, 2.45) is 5.10 Å². The highest BCUT2D eigenvalue weighted by Gasteiger charge is 1.99. The molecule has 1 aromatic carbocycles. The molecule has 0 fully saturated rings. The molecule has 0 aliphatic carbocycles. The number of nitrogens with zero attached hydrogens (tertiary/aromatic N) is 1. The van der Waals surface area contributed by atoms with Gasteiger partial charge in [0.25, 0.3) is 0 Å². The van der Waals surface area contributed by atoms with E-state index in [9.17, 15) is 4.79 Å². The van der Waals surface area contributed by atoms with E-state index in [-0.39, 0.29) is 5.71 Å². The normalized spacial score (nSPS) is 11.1. The molecule has 15 heavy (non-hydrogen) atoms. The summed E-state index contributed by atoms with van der Waals surface area (Å²) >= 11 is 0. The topological polar surface area (TPSA) is 61.7 Å². The maximum atomic E-state index is 10.4. The first-order valence-corrected chi connectivity index (χ1v) is 4.74. The summed E-state index contributed by atoms with van der Waals surface area (Å²) in [5.74, 6) is -0.998. The van der Waals surface area contributed by atoms with Gasteiger partial charge in [0.1, 0.15) is 5.71 Å². The molecule has 0 radical (unpaired) electrons. The predicted octanol–water partition coefficient (Wildman–Crippen LogP) is 1.28. The monoisotopic (exact) mass is 206 g/mol. The minimum absolute atomic E-state index is 0.0723. The summed E-state index contributed by atoms with van der Waals surface area (Å²) in [6.07, 6.45) is 0.831. The number of hydrazone groups is 1. The molecule has 0 heterocycles. The number of hydrogen-bond acceptors (Lipinski definition) is 3. The average molecular weight is 206 g/mol. The summed E-state index contributed by atoms with van der Waals surface area (Å²) in [4.78, 5) is 10.4. The first kappa shape index (κ1) is 11.2. The molecule has 4 nitrogen and oxygen atoms in total. The third-order valence-electron chi connectivity index (χ3n) is 1.92. The van der Waals surface area contributed by atoms with Crippen LogP contribution in [0.4, 0.5) is 0 Å². The van der Waals surface area contributed by atoms with Crippen molar-refractivity contribution < 1.29 is 9.90 Å². The molecule has 0 aliphatic heterocycles. The van der Waals surface area contributed by atoms with E-state index >= 15 is 0 Å². The van der Waals surface area contributed by atoms with Crippen LogP contribution < -0.4 is 5.43 Å². The maximum absolute atomic E-state index is 10.4. The Bertz CT molecular complexity index is 347. The maximum Gasteiger partial charge on any atom is 0.351 e. The van der Waals surface area contributed by atoms with Crippen LogP contribution in [-0.2, 0) is 11.2 Å². The molecule has 4 heteroatoms. The van der Waals surface area contributed by atoms with Gasteiger partial charge in [0, 0.05) is 6.54 Å². The van der Waals surface area contributed by atoms with Crippen molar-refractivity contribution in [3.63, 3.8) is 0 Å². The largest absolute Gasteiger partial charge is 0.477 e. The zero-order valence-corrected chi connectivity index (χ0v) is 8.60. The Morgan fingerprint density at radius 2 is 2.07 bits per heavy atom. The molecule has 2 N–H and O–H groups in total. The molecule has 0 spiro atoms. The fraction of sp³-hybridized carbons (Fsp3) is 0.273. The Labute approximate surface area is 88.6 Å². The van der Waals surface area contributed by atoms with Gasteiger partial charge in [-0.05, 0) is 18.9 Å². The minimum atomic E-state index is -0.998. The van der Waals surface area contributed by atoms with Crippen molar-refractivity contribution in [1.82, 2.24) is 5.43 Å². The van der Waals surface area contributed by atoms with E-state index in [1.807, 2.05) is 30.3 Å². The van der Waals surface area contributed by atoms with E-state index in [0.29, 0.717) is 6.54 Å². The van der Waals surface area contributed by atoms with Gasteiger partial charge in [-0.2, -0.15) is 5.10 Å². The molecule has 0 saturated carbocycles. The van der Waals surface area contributed by atoms with Crippen molar-refractivity contribution in [3.8, 4) is 0 Å². The summed E-state index contributed by atoms with van der Waals surface area (Å²) in [6.45, 7) is 2.09. The Morgan fingerprint density at radius 3 is 2.67 bits per heavy atom. The third-order valence-corrected chi connectivity index (χ3v) is 1.92. The highest BCUT2D eigenvalue weighted by Crippen LogP contribution is 1.97. The first-order chi connectivity index (χ1) is 7.20. The van der Waals surface area contributed by atoms with Gasteiger partial charge in [-0.1, -0.05) is 30.3 Å². The molecular formula is C11H14N2O2. The number of nitrogens with one attached hydrogen (secondary N) is 1. The molecule has 0 saturated heterocycles. The Morgan fingerprint density at radius 1 is 1.40 bits per heavy atom. The zero-order chi connectivity index (χ0) is 11.1. The summed E-state index contributed by atoms with van der Waals surface area (Å²) in [6, 6.07) is 9.96. The Kier molecular flexibility index (Phi) is 4.34. The number of aliphatic carboxylic acids is 1. The SMILES string of the molecule is CC(=NNCCc1ccccc1)C(=O)O. The lowest BCUT2D eigenvalue weighted by atomic mass is 10.2. The molecule has 80 valence electrons. The van der Waals surface area contributed by atoms with Gasteiger partial charge >= 0.3 is 5.97 Å². The standard InChI is InChI=1S/C11H14N2O2/c1-9(11(14)15)13-12-8-7-10-5-3-2-4-6-10/h2-6,12H,7-8H2,1H3,(H,14,15). The number of hydrogen-bond donors (Lipinski definition) is 2. The highest BCUT2D eigenvalue weighted by molar-refractivity contribution is 6.34. The molecule has 0 unspecified atom stereocenters. The second kappa shape index (κ2) is 5.80. The van der Waals surface area contributed by atoms with E-state index in [1.165, 1.54) is 12.5 Å². The summed E-state index contributed by atoms with van der Waals surface area (Å²) in [5, 5.41) is 12.2. The van der Waals surface area contributed by atoms with Crippen LogP contribution in [0, 0.1) is 0 Å². The van der Waals surface area contributed by atoms with Crippen LogP contribution in [0.3, 0.4) is 0 Å². The predicted molar refractivity (Wildman–Crippen MR) is 58.9 cm³/mol. The van der Waals surface area contributed by atoms with Crippen molar-refractivity contribution in [2.75, 3.05) is 6.54 Å². The average Bonchev–Trinajstić information content (AvgIpc) is 2.25. The van der Waals surface area contributed by atoms with Crippen molar-refractivity contribution >= 4 is 11.7 Å². The van der Waals surface area contributed by atoms with Crippen LogP contribution in [-0.4, -0.2) is 23.3 Å². The number of carboxylic acids is 1. The lowest BCUT2D eigenvalue weighted by Gasteiger charge is -2.01. The van der Waals surface area contributed by atoms with Gasteiger partial charge in [0.15, 0.2) is 0 Å². The minimum Gasteiger partial charge on any atom is -0.477 e. The molecule has 0 atom stereocenters. The third kappa shape index (κ3) is 4.26. The zero-order valence-electron chi connectivity index (χ0n) is 8.60. The van der Waals surface area contributed by atoms with Gasteiger partial charge in [0.2, 0.25) is 0 Å². The van der Waals surface area contributed by atoms with Gasteiger partial charge < -0.3 is 10.5 Å². The van der Waals surface area contributed by atoms with Gasteiger partial charge in [0.05, 0.1) is 0 Å². The van der Waals surface area contributed by atoms with E-state index in [2.05, 4.69) is 10.5 Å². The smallest absolute Gasteiger partial charge is 0.351 e. The van der Waals surface area contributed by atoms with Gasteiger partial charge in [-0.25, -0.2) is 4.79 Å². The van der Waals surface area contributed by atoms with Crippen molar-refractivity contribution in [2.45, 2.75) is 13.3 Å². The Hall–Kier alpha value is -1.84. The van der Waals surface area contributed by atoms with Gasteiger partial charge in [-0.3, -0.25) is 0 Å². The molecule has 0 aromatic heterocycles. The van der Waals surface area contributed by atoms with E-state index < -0.39 is 5.97 Å². The summed E-state index contributed by atoms with van der Waals surface area (Å²) in [7, 11) is 0. The highest BCUT2D eigenvalue weighted by atomic mass is 16.4. The van der Waals surface area contributed by atoms with Gasteiger partial charge in [-0.15, -0.1) is 0 Å². The second-order valence-electron chi connectivity index (χ2n) is 3.15. The van der Waals surface area contributed by atoms with E-state index in [4.69, 9.17) is 5.11 Å². The number of benzene rings is 1. The molecular weight excluding hydrogens is 192 g/mol. The van der Waals surface area contributed by atoms with Crippen LogP contribution in [0.2, 0.25) is 0 Å². The number of rotatable bonds is 5. The fourth-order valence-electron chi connectivity index (χ4n) is 1.07. The van der Waals surface area contributed by atoms with Crippen molar-refractivity contribution in [3.05, 3.63) is 35.9 Å². The van der Waals surface area contributed by atoms with Crippen LogP contribution in [0.25, 0.3) is 0 Å². The summed E-state index contributed by atoms with van der Waals surface area (Å²) < 4.78 is 0.